The number of carbonyl (C=O) groups excluding carboxylic acids is 1. The predicted molar refractivity (Wildman–Crippen MR) is 133 cm³/mol. The topological polar surface area (TPSA) is 75.4 Å². The third kappa shape index (κ3) is 4.61. The van der Waals surface area contributed by atoms with E-state index < -0.39 is 0 Å². The number of aromatic nitrogens is 3. The van der Waals surface area contributed by atoms with Crippen molar-refractivity contribution in [2.45, 2.75) is 19.9 Å². The number of rotatable bonds is 5. The lowest BCUT2D eigenvalue weighted by atomic mass is 10.2. The predicted octanol–water partition coefficient (Wildman–Crippen LogP) is 5.34. The number of aryl methyl sites for hydroxylation is 1. The average molecular weight is 494 g/mol. The first kappa shape index (κ1) is 22.7. The lowest BCUT2D eigenvalue weighted by Crippen LogP contribution is -2.49. The van der Waals surface area contributed by atoms with Crippen molar-refractivity contribution in [1.82, 2.24) is 24.9 Å². The van der Waals surface area contributed by atoms with Crippen LogP contribution in [0.5, 0.6) is 0 Å². The summed E-state index contributed by atoms with van der Waals surface area (Å²) < 4.78 is 5.55. The van der Waals surface area contributed by atoms with Crippen LogP contribution in [0.15, 0.2) is 59.1 Å². The number of benzene rings is 2. The van der Waals surface area contributed by atoms with Gasteiger partial charge >= 0.3 is 0 Å². The zero-order valence-electron chi connectivity index (χ0n) is 18.9. The Morgan fingerprint density at radius 1 is 1.00 bits per heavy atom. The summed E-state index contributed by atoms with van der Waals surface area (Å²) in [5.74, 6) is 1.21. The van der Waals surface area contributed by atoms with Gasteiger partial charge in [0.15, 0.2) is 0 Å². The Morgan fingerprint density at radius 2 is 1.71 bits per heavy atom. The molecule has 2 aromatic heterocycles. The molecular formula is C25H24ClN5O2S. The van der Waals surface area contributed by atoms with Crippen LogP contribution in [0.2, 0.25) is 5.02 Å². The van der Waals surface area contributed by atoms with Gasteiger partial charge in [-0.2, -0.15) is 4.98 Å². The van der Waals surface area contributed by atoms with E-state index in [-0.39, 0.29) is 11.9 Å². The fraction of sp³-hybridized carbons (Fsp3) is 0.280. The molecule has 0 radical (unpaired) electrons. The minimum absolute atomic E-state index is 0.0242. The summed E-state index contributed by atoms with van der Waals surface area (Å²) in [5.41, 5.74) is 2.65. The Kier molecular flexibility index (Phi) is 6.45. The fourth-order valence-corrected chi connectivity index (χ4v) is 5.20. The summed E-state index contributed by atoms with van der Waals surface area (Å²) in [7, 11) is 0. The number of amides is 1. The van der Waals surface area contributed by atoms with E-state index in [1.165, 1.54) is 11.3 Å². The molecule has 0 aliphatic carbocycles. The number of hydrogen-bond donors (Lipinski definition) is 0. The molecule has 1 amide bonds. The molecule has 1 fully saturated rings. The van der Waals surface area contributed by atoms with E-state index in [0.717, 1.165) is 34.9 Å². The van der Waals surface area contributed by atoms with Crippen molar-refractivity contribution < 1.29 is 9.32 Å². The van der Waals surface area contributed by atoms with Crippen molar-refractivity contribution in [3.63, 3.8) is 0 Å². The highest BCUT2D eigenvalue weighted by Gasteiger charge is 2.29. The second-order valence-electron chi connectivity index (χ2n) is 8.27. The average Bonchev–Trinajstić information content (AvgIpc) is 3.52. The number of thiazole rings is 1. The zero-order chi connectivity index (χ0) is 23.7. The SMILES string of the molecule is Cc1nc(-c2ccc(Cl)cc2)sc1C(=O)N1CCN(C(C)c2nc(-c3ccccc3)no2)CC1. The summed E-state index contributed by atoms with van der Waals surface area (Å²) in [5, 5.41) is 5.64. The Hall–Kier alpha value is -3.07. The molecule has 2 aromatic carbocycles. The first-order valence-electron chi connectivity index (χ1n) is 11.2. The summed E-state index contributed by atoms with van der Waals surface area (Å²) in [6.45, 7) is 6.69. The van der Waals surface area contributed by atoms with Crippen LogP contribution in [0, 0.1) is 6.92 Å². The maximum atomic E-state index is 13.2. The van der Waals surface area contributed by atoms with Gasteiger partial charge in [0.05, 0.1) is 11.7 Å². The summed E-state index contributed by atoms with van der Waals surface area (Å²) in [6, 6.07) is 17.3. The number of piperazine rings is 1. The van der Waals surface area contributed by atoms with Gasteiger partial charge in [-0.1, -0.05) is 59.2 Å². The van der Waals surface area contributed by atoms with E-state index in [1.807, 2.05) is 66.4 Å². The van der Waals surface area contributed by atoms with Gasteiger partial charge in [0, 0.05) is 42.3 Å². The van der Waals surface area contributed by atoms with Crippen molar-refractivity contribution in [1.29, 1.82) is 0 Å². The monoisotopic (exact) mass is 493 g/mol. The van der Waals surface area contributed by atoms with E-state index in [0.29, 0.717) is 34.7 Å². The molecule has 3 heterocycles. The molecule has 1 aliphatic rings. The van der Waals surface area contributed by atoms with Crippen molar-refractivity contribution in [3.8, 4) is 22.0 Å². The quantitative estimate of drug-likeness (QED) is 0.373. The standard InChI is InChI=1S/C25H24ClN5O2S/c1-16-21(34-24(27-16)19-8-10-20(26)11-9-19)25(32)31-14-12-30(13-15-31)17(2)23-28-22(29-33-23)18-6-4-3-5-7-18/h3-11,17H,12-15H2,1-2H3. The normalized spacial score (nSPS) is 15.4. The zero-order valence-corrected chi connectivity index (χ0v) is 20.5. The van der Waals surface area contributed by atoms with Crippen molar-refractivity contribution >= 4 is 28.8 Å². The van der Waals surface area contributed by atoms with Crippen LogP contribution in [-0.2, 0) is 0 Å². The molecule has 7 nitrogen and oxygen atoms in total. The highest BCUT2D eigenvalue weighted by Crippen LogP contribution is 2.30. The van der Waals surface area contributed by atoms with Gasteiger partial charge in [0.1, 0.15) is 9.88 Å². The van der Waals surface area contributed by atoms with Crippen LogP contribution in [0.25, 0.3) is 22.0 Å². The van der Waals surface area contributed by atoms with E-state index in [2.05, 4.69) is 26.9 Å². The third-order valence-electron chi connectivity index (χ3n) is 6.06. The molecule has 174 valence electrons. The van der Waals surface area contributed by atoms with Crippen LogP contribution in [0.3, 0.4) is 0 Å². The number of hydrogen-bond acceptors (Lipinski definition) is 7. The minimum atomic E-state index is -0.0242. The van der Waals surface area contributed by atoms with E-state index in [1.54, 1.807) is 0 Å². The Bertz CT molecular complexity index is 1280. The Balaban J connectivity index is 1.23. The molecule has 0 N–H and O–H groups in total. The van der Waals surface area contributed by atoms with Crippen molar-refractivity contribution in [2.75, 3.05) is 26.2 Å². The molecule has 4 aromatic rings. The van der Waals surface area contributed by atoms with Crippen molar-refractivity contribution in [2.24, 2.45) is 0 Å². The molecule has 34 heavy (non-hydrogen) atoms. The summed E-state index contributed by atoms with van der Waals surface area (Å²) in [6.07, 6.45) is 0. The van der Waals surface area contributed by atoms with Crippen LogP contribution >= 0.6 is 22.9 Å². The third-order valence-corrected chi connectivity index (χ3v) is 7.51. The van der Waals surface area contributed by atoms with Crippen LogP contribution in [0.4, 0.5) is 0 Å². The largest absolute Gasteiger partial charge is 0.337 e. The number of halogens is 1. The second kappa shape index (κ2) is 9.66. The first-order chi connectivity index (χ1) is 16.5. The molecule has 1 unspecified atom stereocenters. The van der Waals surface area contributed by atoms with Gasteiger partial charge < -0.3 is 9.42 Å². The number of nitrogens with zero attached hydrogens (tertiary/aromatic N) is 5. The van der Waals surface area contributed by atoms with Gasteiger partial charge in [-0.05, 0) is 26.0 Å². The summed E-state index contributed by atoms with van der Waals surface area (Å²) >= 11 is 7.43. The highest BCUT2D eigenvalue weighted by molar-refractivity contribution is 7.17. The molecule has 1 atom stereocenters. The smallest absolute Gasteiger partial charge is 0.265 e. The van der Waals surface area contributed by atoms with Gasteiger partial charge in [-0.25, -0.2) is 4.98 Å². The van der Waals surface area contributed by atoms with E-state index in [9.17, 15) is 4.79 Å². The molecule has 0 spiro atoms. The molecular weight excluding hydrogens is 470 g/mol. The second-order valence-corrected chi connectivity index (χ2v) is 9.70. The minimum Gasteiger partial charge on any atom is -0.337 e. The number of carbonyl (C=O) groups is 1. The molecule has 0 saturated carbocycles. The van der Waals surface area contributed by atoms with E-state index in [4.69, 9.17) is 16.1 Å². The molecule has 1 saturated heterocycles. The Morgan fingerprint density at radius 3 is 2.41 bits per heavy atom. The molecule has 5 rings (SSSR count). The maximum absolute atomic E-state index is 13.2. The molecule has 0 bridgehead atoms. The van der Waals surface area contributed by atoms with Gasteiger partial charge in [-0.3, -0.25) is 9.69 Å². The maximum Gasteiger partial charge on any atom is 0.265 e. The molecule has 1 aliphatic heterocycles. The first-order valence-corrected chi connectivity index (χ1v) is 12.3. The van der Waals surface area contributed by atoms with Gasteiger partial charge in [0.25, 0.3) is 5.91 Å². The Labute approximate surface area is 207 Å². The van der Waals surface area contributed by atoms with Crippen molar-refractivity contribution in [3.05, 3.63) is 76.1 Å². The molecule has 9 heteroatoms. The van der Waals surface area contributed by atoms with Crippen LogP contribution in [0.1, 0.15) is 34.2 Å². The van der Waals surface area contributed by atoms with Gasteiger partial charge in [-0.15, -0.1) is 11.3 Å². The summed E-state index contributed by atoms with van der Waals surface area (Å²) in [4.78, 5) is 27.3. The van der Waals surface area contributed by atoms with Crippen LogP contribution < -0.4 is 0 Å². The lowest BCUT2D eigenvalue weighted by Gasteiger charge is -2.36. The fourth-order valence-electron chi connectivity index (χ4n) is 4.03. The van der Waals surface area contributed by atoms with E-state index >= 15 is 0 Å². The highest BCUT2D eigenvalue weighted by atomic mass is 35.5. The van der Waals surface area contributed by atoms with Crippen LogP contribution in [-0.4, -0.2) is 57.0 Å². The van der Waals surface area contributed by atoms with Gasteiger partial charge in [0.2, 0.25) is 11.7 Å². The lowest BCUT2D eigenvalue weighted by molar-refractivity contribution is 0.0555.